The highest BCUT2D eigenvalue weighted by Crippen LogP contribution is 2.16. The molecule has 0 amide bonds. The van der Waals surface area contributed by atoms with Crippen molar-refractivity contribution in [1.29, 1.82) is 0 Å². The number of hydrogen-bond acceptors (Lipinski definition) is 4. The smallest absolute Gasteiger partial charge is 0.307 e. The lowest BCUT2D eigenvalue weighted by molar-refractivity contribution is -0.147. The molecule has 0 bridgehead atoms. The minimum Gasteiger partial charge on any atom is -0.463 e. The van der Waals surface area contributed by atoms with Crippen LogP contribution in [0.25, 0.3) is 0 Å². The third-order valence-corrected chi connectivity index (χ3v) is 3.27. The summed E-state index contributed by atoms with van der Waals surface area (Å²) in [7, 11) is 1.74. The number of likely N-dealkylation sites (tertiary alicyclic amines) is 1. The van der Waals surface area contributed by atoms with Crippen LogP contribution in [-0.2, 0) is 14.3 Å². The maximum atomic E-state index is 11.5. The molecule has 6 heteroatoms. The van der Waals surface area contributed by atoms with Crippen LogP contribution in [0.4, 0.5) is 0 Å². The van der Waals surface area contributed by atoms with E-state index in [1.54, 1.807) is 7.11 Å². The van der Waals surface area contributed by atoms with Crippen molar-refractivity contribution in [3.05, 3.63) is 0 Å². The second-order valence-corrected chi connectivity index (χ2v) is 5.58. The van der Waals surface area contributed by atoms with Gasteiger partial charge in [-0.15, -0.1) is 0 Å². The fourth-order valence-electron chi connectivity index (χ4n) is 2.40. The van der Waals surface area contributed by atoms with Crippen molar-refractivity contribution in [2.45, 2.75) is 39.7 Å². The van der Waals surface area contributed by atoms with Gasteiger partial charge in [-0.25, -0.2) is 0 Å². The van der Waals surface area contributed by atoms with Crippen LogP contribution in [0.15, 0.2) is 4.99 Å². The molecule has 1 rings (SSSR count). The number of rotatable bonds is 7. The molecule has 1 fully saturated rings. The molecule has 1 atom stereocenters. The van der Waals surface area contributed by atoms with E-state index in [-0.39, 0.29) is 12.1 Å². The number of ether oxygens (including phenoxy) is 2. The van der Waals surface area contributed by atoms with E-state index in [1.807, 2.05) is 20.8 Å². The Kier molecular flexibility index (Phi) is 8.12. The van der Waals surface area contributed by atoms with Gasteiger partial charge in [-0.2, -0.15) is 0 Å². The zero-order chi connectivity index (χ0) is 15.7. The summed E-state index contributed by atoms with van der Waals surface area (Å²) in [6.45, 7) is 9.76. The lowest BCUT2D eigenvalue weighted by atomic mass is 10.1. The van der Waals surface area contributed by atoms with Crippen LogP contribution < -0.4 is 5.32 Å². The molecule has 6 nitrogen and oxygen atoms in total. The second-order valence-electron chi connectivity index (χ2n) is 5.58. The lowest BCUT2D eigenvalue weighted by Crippen LogP contribution is -2.40. The number of hydrogen-bond donors (Lipinski definition) is 1. The monoisotopic (exact) mass is 299 g/mol. The van der Waals surface area contributed by atoms with Gasteiger partial charge in [-0.1, -0.05) is 0 Å². The molecule has 0 aromatic carbocycles. The Morgan fingerprint density at radius 3 is 2.86 bits per heavy atom. The Morgan fingerprint density at radius 1 is 1.48 bits per heavy atom. The molecule has 1 N–H and O–H groups in total. The minimum atomic E-state index is -0.191. The Hall–Kier alpha value is -1.30. The molecule has 0 radical (unpaired) electrons. The van der Waals surface area contributed by atoms with Crippen molar-refractivity contribution in [1.82, 2.24) is 10.2 Å². The molecular weight excluding hydrogens is 270 g/mol. The average Bonchev–Trinajstić information content (AvgIpc) is 2.86. The first-order valence-corrected chi connectivity index (χ1v) is 7.78. The highest BCUT2D eigenvalue weighted by Gasteiger charge is 2.24. The van der Waals surface area contributed by atoms with Gasteiger partial charge in [0.2, 0.25) is 0 Å². The summed E-state index contributed by atoms with van der Waals surface area (Å²) in [5, 5.41) is 3.28. The molecule has 0 aliphatic carbocycles. The van der Waals surface area contributed by atoms with Crippen LogP contribution in [-0.4, -0.2) is 62.8 Å². The van der Waals surface area contributed by atoms with Gasteiger partial charge in [0.1, 0.15) is 0 Å². The third-order valence-electron chi connectivity index (χ3n) is 3.27. The van der Waals surface area contributed by atoms with Crippen LogP contribution in [0.2, 0.25) is 0 Å². The van der Waals surface area contributed by atoms with Gasteiger partial charge in [0.25, 0.3) is 0 Å². The summed E-state index contributed by atoms with van der Waals surface area (Å²) in [6.07, 6.45) is 1.37. The molecule has 1 aliphatic rings. The zero-order valence-corrected chi connectivity index (χ0v) is 13.7. The van der Waals surface area contributed by atoms with Crippen molar-refractivity contribution in [3.63, 3.8) is 0 Å². The summed E-state index contributed by atoms with van der Waals surface area (Å²) in [5.41, 5.74) is 0. The summed E-state index contributed by atoms with van der Waals surface area (Å²) in [5.74, 6) is 1.25. The van der Waals surface area contributed by atoms with Gasteiger partial charge in [0.05, 0.1) is 25.7 Å². The van der Waals surface area contributed by atoms with E-state index < -0.39 is 0 Å². The highest BCUT2D eigenvalue weighted by atomic mass is 16.5. The molecule has 1 aliphatic heterocycles. The second kappa shape index (κ2) is 9.60. The number of nitrogens with zero attached hydrogens (tertiary/aromatic N) is 2. The number of carbonyl (C=O) groups is 1. The fourth-order valence-corrected chi connectivity index (χ4v) is 2.40. The van der Waals surface area contributed by atoms with Crippen LogP contribution >= 0.6 is 0 Å². The molecule has 0 saturated carbocycles. The van der Waals surface area contributed by atoms with Gasteiger partial charge in [0, 0.05) is 32.7 Å². The topological polar surface area (TPSA) is 63.2 Å². The highest BCUT2D eigenvalue weighted by molar-refractivity contribution is 5.80. The predicted molar refractivity (Wildman–Crippen MR) is 83.4 cm³/mol. The molecule has 21 heavy (non-hydrogen) atoms. The number of carbonyl (C=O) groups excluding carboxylic acids is 1. The van der Waals surface area contributed by atoms with E-state index in [0.717, 1.165) is 38.6 Å². The Bertz CT molecular complexity index is 345. The quantitative estimate of drug-likeness (QED) is 0.436. The van der Waals surface area contributed by atoms with Crippen molar-refractivity contribution < 1.29 is 14.3 Å². The number of methoxy groups -OCH3 is 1. The number of esters is 1. The van der Waals surface area contributed by atoms with Crippen molar-refractivity contribution in [2.75, 3.05) is 39.9 Å². The molecule has 1 heterocycles. The molecule has 0 spiro atoms. The predicted octanol–water partition coefficient (Wildman–Crippen LogP) is 1.26. The van der Waals surface area contributed by atoms with Gasteiger partial charge in [-0.3, -0.25) is 9.79 Å². The zero-order valence-electron chi connectivity index (χ0n) is 13.7. The standard InChI is InChI=1S/C15H29N3O3/c1-5-16-15(17-8-6-14(19)21-12(2)3)18-9-7-13(10-18)11-20-4/h12-13H,5-11H2,1-4H3,(H,16,17). The average molecular weight is 299 g/mol. The summed E-state index contributed by atoms with van der Waals surface area (Å²) in [6, 6.07) is 0. The van der Waals surface area contributed by atoms with Gasteiger partial charge < -0.3 is 19.7 Å². The van der Waals surface area contributed by atoms with Crippen molar-refractivity contribution in [2.24, 2.45) is 10.9 Å². The summed E-state index contributed by atoms with van der Waals surface area (Å²) in [4.78, 5) is 18.3. The molecule has 1 saturated heterocycles. The van der Waals surface area contributed by atoms with Gasteiger partial charge >= 0.3 is 5.97 Å². The molecule has 122 valence electrons. The van der Waals surface area contributed by atoms with E-state index in [1.165, 1.54) is 0 Å². The van der Waals surface area contributed by atoms with Crippen LogP contribution in [0.3, 0.4) is 0 Å². The van der Waals surface area contributed by atoms with Gasteiger partial charge in [-0.05, 0) is 27.2 Å². The Balaban J connectivity index is 2.45. The molecular formula is C15H29N3O3. The number of aliphatic imine (C=N–C) groups is 1. The van der Waals surface area contributed by atoms with E-state index >= 15 is 0 Å². The van der Waals surface area contributed by atoms with Crippen LogP contribution in [0.1, 0.15) is 33.6 Å². The summed E-state index contributed by atoms with van der Waals surface area (Å²) >= 11 is 0. The fraction of sp³-hybridized carbons (Fsp3) is 0.867. The largest absolute Gasteiger partial charge is 0.463 e. The van der Waals surface area contributed by atoms with E-state index in [4.69, 9.17) is 9.47 Å². The normalized spacial score (nSPS) is 19.2. The third kappa shape index (κ3) is 6.80. The molecule has 0 aromatic heterocycles. The van der Waals surface area contributed by atoms with Crippen molar-refractivity contribution in [3.8, 4) is 0 Å². The summed E-state index contributed by atoms with van der Waals surface area (Å²) < 4.78 is 10.3. The van der Waals surface area contributed by atoms with E-state index in [9.17, 15) is 4.79 Å². The SMILES string of the molecule is CCNC(=NCCC(=O)OC(C)C)N1CCC(COC)C1. The van der Waals surface area contributed by atoms with Crippen molar-refractivity contribution >= 4 is 11.9 Å². The van der Waals surface area contributed by atoms with E-state index in [0.29, 0.717) is 18.9 Å². The first-order chi connectivity index (χ1) is 10.1. The van der Waals surface area contributed by atoms with Gasteiger partial charge in [0.15, 0.2) is 5.96 Å². The Morgan fingerprint density at radius 2 is 2.24 bits per heavy atom. The first kappa shape index (κ1) is 17.8. The molecule has 0 aromatic rings. The maximum absolute atomic E-state index is 11.5. The lowest BCUT2D eigenvalue weighted by Gasteiger charge is -2.21. The molecule has 1 unspecified atom stereocenters. The van der Waals surface area contributed by atoms with Crippen LogP contribution in [0, 0.1) is 5.92 Å². The first-order valence-electron chi connectivity index (χ1n) is 7.78. The Labute approximate surface area is 127 Å². The van der Waals surface area contributed by atoms with E-state index in [2.05, 4.69) is 15.2 Å². The maximum Gasteiger partial charge on any atom is 0.307 e. The van der Waals surface area contributed by atoms with Crippen LogP contribution in [0.5, 0.6) is 0 Å². The number of guanidine groups is 1. The number of nitrogens with one attached hydrogen (secondary N) is 1. The minimum absolute atomic E-state index is 0.0666.